The Balaban J connectivity index is 3.73. The molecule has 1 unspecified atom stereocenters. The summed E-state index contributed by atoms with van der Waals surface area (Å²) in [5, 5.41) is 0. The molecule has 0 aliphatic heterocycles. The van der Waals surface area contributed by atoms with Crippen LogP contribution in [0.2, 0.25) is 0 Å². The number of ether oxygens (including phenoxy) is 2. The molecule has 5 heteroatoms. The van der Waals surface area contributed by atoms with Crippen LogP contribution in [0.4, 0.5) is 4.79 Å². The van der Waals surface area contributed by atoms with E-state index in [0.717, 1.165) is 19.1 Å². The van der Waals surface area contributed by atoms with Crippen molar-refractivity contribution in [3.8, 4) is 0 Å². The Morgan fingerprint density at radius 1 is 1.14 bits per heavy atom. The number of rotatable bonds is 11. The fourth-order valence-electron chi connectivity index (χ4n) is 1.82. The van der Waals surface area contributed by atoms with E-state index in [4.69, 9.17) is 4.74 Å². The topological polar surface area (TPSA) is 55.8 Å². The zero-order valence-corrected chi connectivity index (χ0v) is 13.6. The summed E-state index contributed by atoms with van der Waals surface area (Å²) in [6, 6.07) is -0.665. The number of hydrogen-bond donors (Lipinski definition) is 0. The van der Waals surface area contributed by atoms with Crippen molar-refractivity contribution in [2.45, 2.75) is 64.8 Å². The van der Waals surface area contributed by atoms with Crippen molar-refractivity contribution >= 4 is 12.1 Å². The van der Waals surface area contributed by atoms with Crippen LogP contribution in [0, 0.1) is 0 Å². The summed E-state index contributed by atoms with van der Waals surface area (Å²) in [6.45, 7) is 7.51. The van der Waals surface area contributed by atoms with Gasteiger partial charge in [0.15, 0.2) is 0 Å². The molecule has 5 nitrogen and oxygen atoms in total. The van der Waals surface area contributed by atoms with Gasteiger partial charge in [-0.2, -0.15) is 0 Å². The lowest BCUT2D eigenvalue weighted by Crippen LogP contribution is -2.41. The van der Waals surface area contributed by atoms with Crippen LogP contribution in [-0.2, 0) is 14.3 Å². The predicted octanol–water partition coefficient (Wildman–Crippen LogP) is 3.88. The molecule has 0 spiro atoms. The summed E-state index contributed by atoms with van der Waals surface area (Å²) < 4.78 is 9.77. The molecule has 0 aromatic rings. The van der Waals surface area contributed by atoms with E-state index in [9.17, 15) is 9.59 Å². The molecule has 0 saturated heterocycles. The van der Waals surface area contributed by atoms with E-state index in [0.29, 0.717) is 6.61 Å². The number of likely N-dealkylation sites (N-methyl/N-ethyl adjacent to an activating group) is 1. The number of carbonyl (C=O) groups excluding carboxylic acids is 2. The number of carbonyl (C=O) groups is 2. The molecule has 0 aromatic carbocycles. The smallest absolute Gasteiger partial charge is 0.415 e. The Kier molecular flexibility index (Phi) is 11.4. The molecule has 0 heterocycles. The Bertz CT molecular complexity index is 317. The van der Waals surface area contributed by atoms with Crippen molar-refractivity contribution in [3.05, 3.63) is 12.8 Å². The summed E-state index contributed by atoms with van der Waals surface area (Å²) in [6.07, 6.45) is 8.60. The van der Waals surface area contributed by atoms with Crippen molar-refractivity contribution < 1.29 is 19.1 Å². The predicted molar refractivity (Wildman–Crippen MR) is 82.9 cm³/mol. The van der Waals surface area contributed by atoms with E-state index >= 15 is 0 Å². The third-order valence-corrected chi connectivity index (χ3v) is 3.39. The minimum Gasteiger partial charge on any atom is -0.464 e. The van der Waals surface area contributed by atoms with E-state index in [1.54, 1.807) is 6.92 Å². The Morgan fingerprint density at radius 3 is 2.29 bits per heavy atom. The normalized spacial score (nSPS) is 11.6. The fraction of sp³-hybridized carbons (Fsp3) is 0.750. The number of unbranched alkanes of at least 4 members (excludes halogenated alkanes) is 6. The molecule has 0 aliphatic rings. The monoisotopic (exact) mass is 299 g/mol. The molecule has 122 valence electrons. The Labute approximate surface area is 128 Å². The maximum Gasteiger partial charge on any atom is 0.415 e. The van der Waals surface area contributed by atoms with Crippen molar-refractivity contribution in [1.82, 2.24) is 4.90 Å². The van der Waals surface area contributed by atoms with Crippen molar-refractivity contribution in [1.29, 1.82) is 0 Å². The second-order valence-electron chi connectivity index (χ2n) is 5.13. The summed E-state index contributed by atoms with van der Waals surface area (Å²) in [4.78, 5) is 24.4. The SMILES string of the molecule is C=COC(=O)N(C)C(C)C(=O)OCCCCCCCCC. The van der Waals surface area contributed by atoms with E-state index in [1.807, 2.05) is 0 Å². The Morgan fingerprint density at radius 2 is 1.71 bits per heavy atom. The molecule has 0 N–H and O–H groups in total. The largest absolute Gasteiger partial charge is 0.464 e. The number of esters is 1. The lowest BCUT2D eigenvalue weighted by molar-refractivity contribution is -0.148. The van der Waals surface area contributed by atoms with Crippen molar-refractivity contribution in [2.75, 3.05) is 13.7 Å². The molecule has 0 aliphatic carbocycles. The van der Waals surface area contributed by atoms with Gasteiger partial charge in [0.25, 0.3) is 0 Å². The van der Waals surface area contributed by atoms with Gasteiger partial charge in [0, 0.05) is 7.05 Å². The minimum atomic E-state index is -0.665. The van der Waals surface area contributed by atoms with Crippen LogP contribution < -0.4 is 0 Å². The van der Waals surface area contributed by atoms with Gasteiger partial charge in [-0.3, -0.25) is 4.90 Å². The summed E-state index contributed by atoms with van der Waals surface area (Å²) in [5.41, 5.74) is 0. The van der Waals surface area contributed by atoms with Crippen LogP contribution in [-0.4, -0.2) is 36.7 Å². The van der Waals surface area contributed by atoms with Gasteiger partial charge < -0.3 is 9.47 Å². The van der Waals surface area contributed by atoms with Crippen molar-refractivity contribution in [3.63, 3.8) is 0 Å². The standard InChI is InChI=1S/C16H29NO4/c1-5-7-8-9-10-11-12-13-21-15(18)14(3)17(4)16(19)20-6-2/h6,14H,2,5,7-13H2,1,3-4H3. The first-order chi connectivity index (χ1) is 10.0. The van der Waals surface area contributed by atoms with Crippen molar-refractivity contribution in [2.24, 2.45) is 0 Å². The highest BCUT2D eigenvalue weighted by atomic mass is 16.6. The van der Waals surface area contributed by atoms with Crippen LogP contribution in [0.15, 0.2) is 12.8 Å². The molecule has 0 saturated carbocycles. The maximum atomic E-state index is 11.8. The molecule has 0 radical (unpaired) electrons. The number of hydrogen-bond acceptors (Lipinski definition) is 4. The van der Waals surface area contributed by atoms with E-state index in [-0.39, 0.29) is 0 Å². The zero-order valence-electron chi connectivity index (χ0n) is 13.6. The van der Waals surface area contributed by atoms with Crippen LogP contribution >= 0.6 is 0 Å². The van der Waals surface area contributed by atoms with Crippen LogP contribution in [0.5, 0.6) is 0 Å². The van der Waals surface area contributed by atoms with Gasteiger partial charge in [-0.05, 0) is 13.3 Å². The highest BCUT2D eigenvalue weighted by molar-refractivity contribution is 5.81. The van der Waals surface area contributed by atoms with Gasteiger partial charge in [0.05, 0.1) is 12.9 Å². The summed E-state index contributed by atoms with van der Waals surface area (Å²) in [7, 11) is 1.49. The number of amides is 1. The van der Waals surface area contributed by atoms with Crippen LogP contribution in [0.25, 0.3) is 0 Å². The van der Waals surface area contributed by atoms with E-state index in [2.05, 4.69) is 18.2 Å². The second-order valence-corrected chi connectivity index (χ2v) is 5.13. The van der Waals surface area contributed by atoms with Gasteiger partial charge in [-0.15, -0.1) is 0 Å². The van der Waals surface area contributed by atoms with Gasteiger partial charge >= 0.3 is 12.1 Å². The van der Waals surface area contributed by atoms with Crippen LogP contribution in [0.1, 0.15) is 58.8 Å². The second kappa shape index (κ2) is 12.2. The first-order valence-electron chi connectivity index (χ1n) is 7.75. The van der Waals surface area contributed by atoms with Gasteiger partial charge in [-0.1, -0.05) is 52.0 Å². The van der Waals surface area contributed by atoms with Gasteiger partial charge in [-0.25, -0.2) is 9.59 Å². The first kappa shape index (κ1) is 19.5. The molecule has 21 heavy (non-hydrogen) atoms. The highest BCUT2D eigenvalue weighted by Crippen LogP contribution is 2.08. The Hall–Kier alpha value is -1.52. The molecule has 0 rings (SSSR count). The molecule has 1 atom stereocenters. The van der Waals surface area contributed by atoms with Gasteiger partial charge in [0.2, 0.25) is 0 Å². The maximum absolute atomic E-state index is 11.8. The zero-order chi connectivity index (χ0) is 16.1. The molecule has 1 amide bonds. The quantitative estimate of drug-likeness (QED) is 0.330. The summed E-state index contributed by atoms with van der Waals surface area (Å²) >= 11 is 0. The molecule has 0 aromatic heterocycles. The molecule has 0 fully saturated rings. The third-order valence-electron chi connectivity index (χ3n) is 3.39. The first-order valence-corrected chi connectivity index (χ1v) is 7.75. The molecule has 0 bridgehead atoms. The average Bonchev–Trinajstić information content (AvgIpc) is 2.48. The van der Waals surface area contributed by atoms with Gasteiger partial charge in [0.1, 0.15) is 6.04 Å². The third kappa shape index (κ3) is 9.10. The lowest BCUT2D eigenvalue weighted by Gasteiger charge is -2.21. The highest BCUT2D eigenvalue weighted by Gasteiger charge is 2.24. The lowest BCUT2D eigenvalue weighted by atomic mass is 10.1. The van der Waals surface area contributed by atoms with E-state index in [1.165, 1.54) is 44.1 Å². The average molecular weight is 299 g/mol. The fourth-order valence-corrected chi connectivity index (χ4v) is 1.82. The molecular weight excluding hydrogens is 270 g/mol. The van der Waals surface area contributed by atoms with E-state index < -0.39 is 18.1 Å². The summed E-state index contributed by atoms with van der Waals surface area (Å²) in [5.74, 6) is -0.413. The van der Waals surface area contributed by atoms with Crippen LogP contribution in [0.3, 0.4) is 0 Å². The minimum absolute atomic E-state index is 0.404. The molecular formula is C16H29NO4. The number of nitrogens with zero attached hydrogens (tertiary/aromatic N) is 1.